The molecule has 1 unspecified atom stereocenters. The van der Waals surface area contributed by atoms with Gasteiger partial charge < -0.3 is 19.7 Å². The van der Waals surface area contributed by atoms with Crippen molar-refractivity contribution in [3.8, 4) is 11.5 Å². The standard InChI is InChI=1S/C28H31BrN2O4/c1-20(2)30-28(33)24(17-21-10-5-4-6-11-21)31(18-22-12-9-13-23(29)16-22)27(32)19-35-26-15-8-7-14-25(26)34-3/h4-16,20,24H,17-19H2,1-3H3,(H,30,33). The molecule has 0 aliphatic heterocycles. The van der Waals surface area contributed by atoms with E-state index in [1.807, 2.05) is 80.6 Å². The Kier molecular flexibility index (Phi) is 9.73. The molecule has 184 valence electrons. The molecule has 0 heterocycles. The minimum Gasteiger partial charge on any atom is -0.493 e. The van der Waals surface area contributed by atoms with E-state index in [1.54, 1.807) is 24.1 Å². The SMILES string of the molecule is COc1ccccc1OCC(=O)N(Cc1cccc(Br)c1)C(Cc1ccccc1)C(=O)NC(C)C. The number of nitrogens with one attached hydrogen (secondary N) is 1. The molecule has 0 aliphatic carbocycles. The molecule has 0 radical (unpaired) electrons. The first kappa shape index (κ1) is 26.3. The van der Waals surface area contributed by atoms with Gasteiger partial charge in [-0.2, -0.15) is 0 Å². The third-order valence-corrected chi connectivity index (χ3v) is 5.86. The predicted octanol–water partition coefficient (Wildman–Crippen LogP) is 5.00. The second-order valence-electron chi connectivity index (χ2n) is 8.46. The Hall–Kier alpha value is -3.32. The van der Waals surface area contributed by atoms with Crippen LogP contribution in [0.15, 0.2) is 83.3 Å². The summed E-state index contributed by atoms with van der Waals surface area (Å²) in [5, 5.41) is 2.98. The summed E-state index contributed by atoms with van der Waals surface area (Å²) in [6, 6.07) is 23.8. The van der Waals surface area contributed by atoms with E-state index in [1.165, 1.54) is 0 Å². The summed E-state index contributed by atoms with van der Waals surface area (Å²) in [4.78, 5) is 28.6. The van der Waals surface area contributed by atoms with Gasteiger partial charge in [-0.3, -0.25) is 9.59 Å². The highest BCUT2D eigenvalue weighted by Gasteiger charge is 2.31. The van der Waals surface area contributed by atoms with E-state index >= 15 is 0 Å². The van der Waals surface area contributed by atoms with Crippen molar-refractivity contribution in [1.29, 1.82) is 0 Å². The highest BCUT2D eigenvalue weighted by atomic mass is 79.9. The Morgan fingerprint density at radius 3 is 2.23 bits per heavy atom. The lowest BCUT2D eigenvalue weighted by atomic mass is 10.0. The van der Waals surface area contributed by atoms with Crippen LogP contribution < -0.4 is 14.8 Å². The van der Waals surface area contributed by atoms with E-state index in [0.29, 0.717) is 17.9 Å². The fourth-order valence-electron chi connectivity index (χ4n) is 3.73. The maximum atomic E-state index is 13.6. The Bertz CT molecular complexity index is 1120. The Morgan fingerprint density at radius 2 is 1.57 bits per heavy atom. The van der Waals surface area contributed by atoms with Gasteiger partial charge in [-0.25, -0.2) is 0 Å². The van der Waals surface area contributed by atoms with Crippen LogP contribution in [0.4, 0.5) is 0 Å². The summed E-state index contributed by atoms with van der Waals surface area (Å²) in [7, 11) is 1.55. The van der Waals surface area contributed by atoms with Gasteiger partial charge in [-0.15, -0.1) is 0 Å². The Morgan fingerprint density at radius 1 is 0.914 bits per heavy atom. The molecule has 0 aliphatic rings. The van der Waals surface area contributed by atoms with Crippen LogP contribution in [0.3, 0.4) is 0 Å². The van der Waals surface area contributed by atoms with Gasteiger partial charge in [0.25, 0.3) is 5.91 Å². The zero-order chi connectivity index (χ0) is 25.2. The summed E-state index contributed by atoms with van der Waals surface area (Å²) >= 11 is 3.50. The number of hydrogen-bond acceptors (Lipinski definition) is 4. The van der Waals surface area contributed by atoms with Gasteiger partial charge in [0, 0.05) is 23.5 Å². The highest BCUT2D eigenvalue weighted by molar-refractivity contribution is 9.10. The monoisotopic (exact) mass is 538 g/mol. The van der Waals surface area contributed by atoms with E-state index < -0.39 is 6.04 Å². The van der Waals surface area contributed by atoms with Gasteiger partial charge in [0.2, 0.25) is 5.91 Å². The largest absolute Gasteiger partial charge is 0.493 e. The quantitative estimate of drug-likeness (QED) is 0.373. The molecular weight excluding hydrogens is 508 g/mol. The number of carbonyl (C=O) groups is 2. The molecule has 0 aromatic heterocycles. The van der Waals surface area contributed by atoms with Crippen LogP contribution in [0, 0.1) is 0 Å². The molecule has 7 heteroatoms. The van der Waals surface area contributed by atoms with Crippen LogP contribution in [0.1, 0.15) is 25.0 Å². The highest BCUT2D eigenvalue weighted by Crippen LogP contribution is 2.26. The van der Waals surface area contributed by atoms with Gasteiger partial charge in [0.05, 0.1) is 7.11 Å². The van der Waals surface area contributed by atoms with Crippen molar-refractivity contribution in [2.24, 2.45) is 0 Å². The van der Waals surface area contributed by atoms with Crippen LogP contribution >= 0.6 is 15.9 Å². The molecule has 3 rings (SSSR count). The second-order valence-corrected chi connectivity index (χ2v) is 9.38. The van der Waals surface area contributed by atoms with Crippen molar-refractivity contribution < 1.29 is 19.1 Å². The molecule has 3 aromatic rings. The van der Waals surface area contributed by atoms with Gasteiger partial charge in [-0.05, 0) is 49.2 Å². The average molecular weight is 539 g/mol. The number of ether oxygens (including phenoxy) is 2. The van der Waals surface area contributed by atoms with E-state index in [9.17, 15) is 9.59 Å². The second kappa shape index (κ2) is 13.0. The maximum Gasteiger partial charge on any atom is 0.261 e. The number of para-hydroxylation sites is 2. The number of benzene rings is 3. The lowest BCUT2D eigenvalue weighted by molar-refractivity contribution is -0.143. The molecule has 1 N–H and O–H groups in total. The predicted molar refractivity (Wildman–Crippen MR) is 140 cm³/mol. The third kappa shape index (κ3) is 7.86. The summed E-state index contributed by atoms with van der Waals surface area (Å²) in [6.45, 7) is 3.84. The molecule has 1 atom stereocenters. The fourth-order valence-corrected chi connectivity index (χ4v) is 4.17. The number of hydrogen-bond donors (Lipinski definition) is 1. The van der Waals surface area contributed by atoms with Gasteiger partial charge in [0.1, 0.15) is 6.04 Å². The Balaban J connectivity index is 1.92. The van der Waals surface area contributed by atoms with Gasteiger partial charge >= 0.3 is 0 Å². The fraction of sp³-hybridized carbons (Fsp3) is 0.286. The molecule has 0 saturated carbocycles. The number of rotatable bonds is 11. The molecule has 2 amide bonds. The topological polar surface area (TPSA) is 67.9 Å². The summed E-state index contributed by atoms with van der Waals surface area (Å²) in [5.41, 5.74) is 1.87. The zero-order valence-electron chi connectivity index (χ0n) is 20.2. The molecule has 35 heavy (non-hydrogen) atoms. The number of halogens is 1. The van der Waals surface area contributed by atoms with Crippen molar-refractivity contribution in [2.45, 2.75) is 38.9 Å². The number of methoxy groups -OCH3 is 1. The van der Waals surface area contributed by atoms with Crippen molar-refractivity contribution in [3.63, 3.8) is 0 Å². The van der Waals surface area contributed by atoms with E-state index in [-0.39, 0.29) is 31.0 Å². The van der Waals surface area contributed by atoms with Crippen molar-refractivity contribution in [1.82, 2.24) is 10.2 Å². The zero-order valence-corrected chi connectivity index (χ0v) is 21.8. The van der Waals surface area contributed by atoms with E-state index in [2.05, 4.69) is 21.2 Å². The van der Waals surface area contributed by atoms with Crippen molar-refractivity contribution in [3.05, 3.63) is 94.5 Å². The molecule has 6 nitrogen and oxygen atoms in total. The molecule has 0 fully saturated rings. The van der Waals surface area contributed by atoms with Crippen LogP contribution in [-0.2, 0) is 22.6 Å². The normalized spacial score (nSPS) is 11.6. The van der Waals surface area contributed by atoms with Crippen LogP contribution in [0.2, 0.25) is 0 Å². The molecular formula is C28H31BrN2O4. The number of carbonyl (C=O) groups excluding carboxylic acids is 2. The summed E-state index contributed by atoms with van der Waals surface area (Å²) in [6.07, 6.45) is 0.383. The first-order valence-corrected chi connectivity index (χ1v) is 12.3. The lowest BCUT2D eigenvalue weighted by Gasteiger charge is -2.32. The number of amides is 2. The minimum absolute atomic E-state index is 0.0616. The molecule has 0 spiro atoms. The minimum atomic E-state index is -0.715. The summed E-state index contributed by atoms with van der Waals surface area (Å²) < 4.78 is 12.1. The number of nitrogens with zero attached hydrogens (tertiary/aromatic N) is 1. The van der Waals surface area contributed by atoms with Crippen molar-refractivity contribution in [2.75, 3.05) is 13.7 Å². The van der Waals surface area contributed by atoms with Crippen LogP contribution in [0.25, 0.3) is 0 Å². The van der Waals surface area contributed by atoms with Crippen LogP contribution in [-0.4, -0.2) is 42.5 Å². The van der Waals surface area contributed by atoms with E-state index in [0.717, 1.165) is 15.6 Å². The average Bonchev–Trinajstić information content (AvgIpc) is 2.85. The third-order valence-electron chi connectivity index (χ3n) is 5.36. The van der Waals surface area contributed by atoms with Crippen molar-refractivity contribution >= 4 is 27.7 Å². The van der Waals surface area contributed by atoms with Gasteiger partial charge in [-0.1, -0.05) is 70.5 Å². The Labute approximate surface area is 215 Å². The van der Waals surface area contributed by atoms with Crippen LogP contribution in [0.5, 0.6) is 11.5 Å². The maximum absolute atomic E-state index is 13.6. The smallest absolute Gasteiger partial charge is 0.261 e. The molecule has 3 aromatic carbocycles. The molecule has 0 saturated heterocycles. The first-order chi connectivity index (χ1) is 16.9. The molecule has 0 bridgehead atoms. The summed E-state index contributed by atoms with van der Waals surface area (Å²) in [5.74, 6) is 0.509. The van der Waals surface area contributed by atoms with Gasteiger partial charge in [0.15, 0.2) is 18.1 Å². The lowest BCUT2D eigenvalue weighted by Crippen LogP contribution is -2.52. The van der Waals surface area contributed by atoms with E-state index in [4.69, 9.17) is 9.47 Å². The first-order valence-electron chi connectivity index (χ1n) is 11.5.